The number of anilines is 2. The fourth-order valence-electron chi connectivity index (χ4n) is 3.05. The molecule has 1 saturated heterocycles. The SMILES string of the molecule is Cc1ccc(NC(=O)C2CCN(C(=O)Nc3ccccc3)CC2)c(O)c1. The number of aryl methyl sites for hydroxylation is 1. The molecule has 6 heteroatoms. The van der Waals surface area contributed by atoms with Crippen LogP contribution in [-0.4, -0.2) is 35.0 Å². The van der Waals surface area contributed by atoms with Gasteiger partial charge in [0, 0.05) is 24.7 Å². The Hall–Kier alpha value is -3.02. The topological polar surface area (TPSA) is 81.7 Å². The van der Waals surface area contributed by atoms with E-state index in [9.17, 15) is 14.7 Å². The summed E-state index contributed by atoms with van der Waals surface area (Å²) in [6.07, 6.45) is 1.20. The monoisotopic (exact) mass is 353 g/mol. The van der Waals surface area contributed by atoms with Crippen LogP contribution in [0.2, 0.25) is 0 Å². The fraction of sp³-hybridized carbons (Fsp3) is 0.300. The molecule has 3 amide bonds. The lowest BCUT2D eigenvalue weighted by Gasteiger charge is -2.31. The molecule has 1 aliphatic rings. The van der Waals surface area contributed by atoms with E-state index in [0.717, 1.165) is 11.3 Å². The van der Waals surface area contributed by atoms with Gasteiger partial charge in [-0.05, 0) is 49.6 Å². The molecule has 0 aromatic heterocycles. The Morgan fingerprint density at radius 3 is 2.38 bits per heavy atom. The Labute approximate surface area is 152 Å². The van der Waals surface area contributed by atoms with E-state index in [1.807, 2.05) is 43.3 Å². The van der Waals surface area contributed by atoms with Crippen molar-refractivity contribution in [1.29, 1.82) is 0 Å². The van der Waals surface area contributed by atoms with Crippen molar-refractivity contribution in [3.8, 4) is 5.75 Å². The van der Waals surface area contributed by atoms with E-state index in [2.05, 4.69) is 10.6 Å². The summed E-state index contributed by atoms with van der Waals surface area (Å²) in [4.78, 5) is 26.4. The molecule has 0 spiro atoms. The van der Waals surface area contributed by atoms with Crippen LogP contribution < -0.4 is 10.6 Å². The maximum absolute atomic E-state index is 12.4. The van der Waals surface area contributed by atoms with E-state index in [1.165, 1.54) is 0 Å². The number of para-hydroxylation sites is 1. The van der Waals surface area contributed by atoms with Crippen LogP contribution in [0.3, 0.4) is 0 Å². The van der Waals surface area contributed by atoms with Gasteiger partial charge in [-0.3, -0.25) is 4.79 Å². The molecule has 3 rings (SSSR count). The van der Waals surface area contributed by atoms with Crippen LogP contribution in [0.1, 0.15) is 18.4 Å². The third-order valence-corrected chi connectivity index (χ3v) is 4.59. The van der Waals surface area contributed by atoms with Gasteiger partial charge in [-0.1, -0.05) is 24.3 Å². The number of rotatable bonds is 3. The van der Waals surface area contributed by atoms with E-state index >= 15 is 0 Å². The lowest BCUT2D eigenvalue weighted by Crippen LogP contribution is -2.43. The number of hydrogen-bond donors (Lipinski definition) is 3. The van der Waals surface area contributed by atoms with Crippen LogP contribution >= 0.6 is 0 Å². The molecule has 0 aliphatic carbocycles. The number of carbonyl (C=O) groups excluding carboxylic acids is 2. The van der Waals surface area contributed by atoms with Crippen molar-refractivity contribution in [2.45, 2.75) is 19.8 Å². The number of benzene rings is 2. The highest BCUT2D eigenvalue weighted by Gasteiger charge is 2.27. The van der Waals surface area contributed by atoms with Crippen molar-refractivity contribution in [3.63, 3.8) is 0 Å². The molecule has 6 nitrogen and oxygen atoms in total. The molecule has 0 bridgehead atoms. The summed E-state index contributed by atoms with van der Waals surface area (Å²) < 4.78 is 0. The number of aromatic hydroxyl groups is 1. The number of amides is 3. The highest BCUT2D eigenvalue weighted by atomic mass is 16.3. The number of hydrogen-bond acceptors (Lipinski definition) is 3. The standard InChI is InChI=1S/C20H23N3O3/c1-14-7-8-17(18(24)13-14)22-19(25)15-9-11-23(12-10-15)20(26)21-16-5-3-2-4-6-16/h2-8,13,15,24H,9-12H2,1H3,(H,21,26)(H,22,25). The number of phenols is 1. The summed E-state index contributed by atoms with van der Waals surface area (Å²) in [5, 5.41) is 15.6. The molecule has 2 aromatic carbocycles. The van der Waals surface area contributed by atoms with Gasteiger partial charge in [0.25, 0.3) is 0 Å². The van der Waals surface area contributed by atoms with Gasteiger partial charge < -0.3 is 20.6 Å². The van der Waals surface area contributed by atoms with Crippen molar-refractivity contribution in [1.82, 2.24) is 4.90 Å². The van der Waals surface area contributed by atoms with Gasteiger partial charge in [-0.25, -0.2) is 4.79 Å². The fourth-order valence-corrected chi connectivity index (χ4v) is 3.05. The Kier molecular flexibility index (Phi) is 5.41. The van der Waals surface area contributed by atoms with Crippen molar-refractivity contribution >= 4 is 23.3 Å². The van der Waals surface area contributed by atoms with Gasteiger partial charge in [0.2, 0.25) is 5.91 Å². The summed E-state index contributed by atoms with van der Waals surface area (Å²) in [5.41, 5.74) is 2.11. The maximum Gasteiger partial charge on any atom is 0.321 e. The van der Waals surface area contributed by atoms with Crippen molar-refractivity contribution < 1.29 is 14.7 Å². The zero-order valence-corrected chi connectivity index (χ0v) is 14.7. The minimum Gasteiger partial charge on any atom is -0.506 e. The van der Waals surface area contributed by atoms with Crippen molar-refractivity contribution in [2.24, 2.45) is 5.92 Å². The van der Waals surface area contributed by atoms with Gasteiger partial charge in [-0.15, -0.1) is 0 Å². The number of urea groups is 1. The van der Waals surface area contributed by atoms with Crippen LogP contribution in [0.25, 0.3) is 0 Å². The van der Waals surface area contributed by atoms with Crippen LogP contribution in [0, 0.1) is 12.8 Å². The molecular formula is C20H23N3O3. The maximum atomic E-state index is 12.4. The lowest BCUT2D eigenvalue weighted by atomic mass is 9.96. The van der Waals surface area contributed by atoms with Gasteiger partial charge in [0.15, 0.2) is 0 Å². The first-order valence-corrected chi connectivity index (χ1v) is 8.74. The van der Waals surface area contributed by atoms with Crippen LogP contribution in [0.5, 0.6) is 5.75 Å². The molecule has 0 radical (unpaired) electrons. The number of nitrogens with one attached hydrogen (secondary N) is 2. The van der Waals surface area contributed by atoms with Crippen LogP contribution in [-0.2, 0) is 4.79 Å². The quantitative estimate of drug-likeness (QED) is 0.738. The van der Waals surface area contributed by atoms with E-state index in [0.29, 0.717) is 31.6 Å². The predicted molar refractivity (Wildman–Crippen MR) is 101 cm³/mol. The summed E-state index contributed by atoms with van der Waals surface area (Å²) in [5.74, 6) is -0.221. The Morgan fingerprint density at radius 2 is 1.73 bits per heavy atom. The smallest absolute Gasteiger partial charge is 0.321 e. The Bertz CT molecular complexity index is 784. The van der Waals surface area contributed by atoms with Gasteiger partial charge in [0.05, 0.1) is 5.69 Å². The molecule has 1 aliphatic heterocycles. The third-order valence-electron chi connectivity index (χ3n) is 4.59. The molecule has 26 heavy (non-hydrogen) atoms. The summed E-state index contributed by atoms with van der Waals surface area (Å²) >= 11 is 0. The van der Waals surface area contributed by atoms with Crippen LogP contribution in [0.4, 0.5) is 16.2 Å². The molecule has 1 heterocycles. The highest BCUT2D eigenvalue weighted by Crippen LogP contribution is 2.26. The van der Waals surface area contributed by atoms with E-state index in [4.69, 9.17) is 0 Å². The number of phenolic OH excluding ortho intramolecular Hbond substituents is 1. The minimum atomic E-state index is -0.170. The molecule has 136 valence electrons. The number of nitrogens with zero attached hydrogens (tertiary/aromatic N) is 1. The van der Waals surface area contributed by atoms with E-state index < -0.39 is 0 Å². The Balaban J connectivity index is 1.51. The average molecular weight is 353 g/mol. The first kappa shape index (κ1) is 17.8. The van der Waals surface area contributed by atoms with E-state index in [-0.39, 0.29) is 23.6 Å². The zero-order chi connectivity index (χ0) is 18.5. The predicted octanol–water partition coefficient (Wildman–Crippen LogP) is 3.58. The molecule has 0 unspecified atom stereocenters. The van der Waals surface area contributed by atoms with Crippen molar-refractivity contribution in [3.05, 3.63) is 54.1 Å². The number of piperidine rings is 1. The summed E-state index contributed by atoms with van der Waals surface area (Å²) in [6.45, 7) is 2.93. The molecule has 0 atom stereocenters. The molecule has 1 fully saturated rings. The summed E-state index contributed by atoms with van der Waals surface area (Å²) in [6, 6.07) is 14.3. The van der Waals surface area contributed by atoms with Crippen molar-refractivity contribution in [2.75, 3.05) is 23.7 Å². The molecule has 2 aromatic rings. The average Bonchev–Trinajstić information content (AvgIpc) is 2.65. The highest BCUT2D eigenvalue weighted by molar-refractivity contribution is 5.94. The molecule has 0 saturated carbocycles. The molecular weight excluding hydrogens is 330 g/mol. The third kappa shape index (κ3) is 4.33. The van der Waals surface area contributed by atoms with Gasteiger partial charge in [0.1, 0.15) is 5.75 Å². The summed E-state index contributed by atoms with van der Waals surface area (Å²) in [7, 11) is 0. The van der Waals surface area contributed by atoms with Gasteiger partial charge >= 0.3 is 6.03 Å². The van der Waals surface area contributed by atoms with Crippen LogP contribution in [0.15, 0.2) is 48.5 Å². The molecule has 3 N–H and O–H groups in total. The van der Waals surface area contributed by atoms with E-state index in [1.54, 1.807) is 17.0 Å². The normalized spacial score (nSPS) is 14.7. The second-order valence-electron chi connectivity index (χ2n) is 6.57. The zero-order valence-electron chi connectivity index (χ0n) is 14.7. The Morgan fingerprint density at radius 1 is 1.04 bits per heavy atom. The lowest BCUT2D eigenvalue weighted by molar-refractivity contribution is -0.121. The number of likely N-dealkylation sites (tertiary alicyclic amines) is 1. The second kappa shape index (κ2) is 7.91. The second-order valence-corrected chi connectivity index (χ2v) is 6.57. The first-order chi connectivity index (χ1) is 12.5. The largest absolute Gasteiger partial charge is 0.506 e. The van der Waals surface area contributed by atoms with Gasteiger partial charge in [-0.2, -0.15) is 0 Å². The first-order valence-electron chi connectivity index (χ1n) is 8.74. The number of carbonyl (C=O) groups is 2. The minimum absolute atomic E-state index is 0.0676.